The third-order valence-electron chi connectivity index (χ3n) is 4.81. The van der Waals surface area contributed by atoms with Crippen LogP contribution in [0.3, 0.4) is 0 Å². The number of ether oxygens (including phenoxy) is 1. The summed E-state index contributed by atoms with van der Waals surface area (Å²) < 4.78 is 19.9. The monoisotopic (exact) mass is 416 g/mol. The summed E-state index contributed by atoms with van der Waals surface area (Å²) in [6, 6.07) is 11.0. The topological polar surface area (TPSA) is 77.7 Å². The van der Waals surface area contributed by atoms with Crippen molar-refractivity contribution < 1.29 is 14.3 Å². The van der Waals surface area contributed by atoms with Crippen LogP contribution < -0.4 is 10.6 Å². The molecule has 1 N–H and O–H groups in total. The molecule has 0 spiro atoms. The summed E-state index contributed by atoms with van der Waals surface area (Å²) in [6.45, 7) is 1.77. The summed E-state index contributed by atoms with van der Waals surface area (Å²) in [5.41, 5.74) is 0.688. The number of benzene rings is 2. The van der Waals surface area contributed by atoms with Gasteiger partial charge in [-0.25, -0.2) is 14.4 Å². The Morgan fingerprint density at radius 1 is 1.21 bits per heavy atom. The third-order valence-corrected chi connectivity index (χ3v) is 5.05. The van der Waals surface area contributed by atoms with E-state index in [1.807, 2.05) is 0 Å². The zero-order chi connectivity index (χ0) is 20.4. The van der Waals surface area contributed by atoms with Crippen LogP contribution in [0.4, 0.5) is 4.39 Å². The van der Waals surface area contributed by atoms with E-state index in [1.165, 1.54) is 6.07 Å². The maximum Gasteiger partial charge on any atom is 0.197 e. The molecule has 29 heavy (non-hydrogen) atoms. The Kier molecular flexibility index (Phi) is 5.57. The first-order valence-electron chi connectivity index (χ1n) is 9.07. The highest BCUT2D eigenvalue weighted by Crippen LogP contribution is 2.23. The van der Waals surface area contributed by atoms with Crippen LogP contribution in [0, 0.1) is 10.7 Å². The van der Waals surface area contributed by atoms with E-state index in [0.717, 1.165) is 5.06 Å². The van der Waals surface area contributed by atoms with Crippen molar-refractivity contribution in [2.24, 2.45) is 10.2 Å². The highest BCUT2D eigenvalue weighted by Gasteiger charge is 2.25. The molecule has 150 valence electrons. The molecule has 0 aliphatic carbocycles. The van der Waals surface area contributed by atoms with Gasteiger partial charge in [-0.05, 0) is 35.5 Å². The molecule has 2 aliphatic rings. The molecule has 0 atom stereocenters. The molecule has 7 nitrogen and oxygen atoms in total. The van der Waals surface area contributed by atoms with Gasteiger partial charge in [-0.3, -0.25) is 5.21 Å². The van der Waals surface area contributed by atoms with E-state index >= 15 is 0 Å². The van der Waals surface area contributed by atoms with Crippen molar-refractivity contribution in [2.75, 3.05) is 32.8 Å². The van der Waals surface area contributed by atoms with Crippen LogP contribution in [0.25, 0.3) is 5.70 Å². The Morgan fingerprint density at radius 2 is 1.97 bits per heavy atom. The van der Waals surface area contributed by atoms with Gasteiger partial charge >= 0.3 is 0 Å². The largest absolute Gasteiger partial charge is 0.378 e. The molecular weight excluding hydrogens is 399 g/mol. The van der Waals surface area contributed by atoms with Crippen LogP contribution >= 0.6 is 11.6 Å². The molecule has 0 saturated carbocycles. The number of nitroso groups, excluding NO2 is 1. The Balaban J connectivity index is 1.98. The molecule has 9 heteroatoms. The van der Waals surface area contributed by atoms with Crippen molar-refractivity contribution in [3.8, 4) is 0 Å². The van der Waals surface area contributed by atoms with E-state index in [0.29, 0.717) is 41.9 Å². The Morgan fingerprint density at radius 3 is 2.69 bits per heavy atom. The van der Waals surface area contributed by atoms with Crippen molar-refractivity contribution in [3.05, 3.63) is 85.9 Å². The predicted molar refractivity (Wildman–Crippen MR) is 105 cm³/mol. The van der Waals surface area contributed by atoms with Gasteiger partial charge < -0.3 is 9.64 Å². The molecule has 4 rings (SSSR count). The summed E-state index contributed by atoms with van der Waals surface area (Å²) in [5.74, 6) is -0.371. The van der Waals surface area contributed by atoms with E-state index in [-0.39, 0.29) is 29.3 Å². The first kappa shape index (κ1) is 19.5. The highest BCUT2D eigenvalue weighted by atomic mass is 35.5. The minimum absolute atomic E-state index is 0.128. The van der Waals surface area contributed by atoms with E-state index in [1.54, 1.807) is 41.3 Å². The number of halogens is 2. The molecule has 1 saturated heterocycles. The van der Waals surface area contributed by atoms with Crippen molar-refractivity contribution in [1.82, 2.24) is 9.96 Å². The fourth-order valence-corrected chi connectivity index (χ4v) is 3.63. The second kappa shape index (κ2) is 8.28. The minimum atomic E-state index is -0.498. The van der Waals surface area contributed by atoms with Gasteiger partial charge in [0.2, 0.25) is 0 Å². The van der Waals surface area contributed by atoms with Gasteiger partial charge in [0.15, 0.2) is 5.82 Å². The number of hydrogen-bond acceptors (Lipinski definition) is 7. The Bertz CT molecular complexity index is 1100. The van der Waals surface area contributed by atoms with E-state index in [4.69, 9.17) is 16.3 Å². The lowest BCUT2D eigenvalue weighted by molar-refractivity contribution is -0.0197. The minimum Gasteiger partial charge on any atom is -0.378 e. The smallest absolute Gasteiger partial charge is 0.197 e. The van der Waals surface area contributed by atoms with Gasteiger partial charge in [0.25, 0.3) is 0 Å². The Hall–Kier alpha value is -2.81. The Labute approximate surface area is 170 Å². The summed E-state index contributed by atoms with van der Waals surface area (Å²) in [5, 5.41) is 16.3. The molecule has 2 aromatic carbocycles. The van der Waals surface area contributed by atoms with Crippen LogP contribution in [-0.2, 0) is 4.74 Å². The molecule has 2 heterocycles. The van der Waals surface area contributed by atoms with Crippen molar-refractivity contribution in [1.29, 1.82) is 0 Å². The maximum atomic E-state index is 14.6. The van der Waals surface area contributed by atoms with Gasteiger partial charge in [-0.2, -0.15) is 0 Å². The number of nitrogens with zero attached hydrogens (tertiary/aromatic N) is 4. The van der Waals surface area contributed by atoms with Crippen LogP contribution in [0.15, 0.2) is 64.2 Å². The number of fused-ring (bicyclic) bond motifs is 1. The summed E-state index contributed by atoms with van der Waals surface area (Å²) in [7, 11) is 0. The molecule has 2 aliphatic heterocycles. The number of rotatable bonds is 3. The SMILES string of the molecule is O=N/C(=C1/CN(O)C(c2ccccc2F)=c2cc(Cl)ccc2=N1)N1CCOCC1. The van der Waals surface area contributed by atoms with Gasteiger partial charge in [-0.1, -0.05) is 23.7 Å². The molecule has 0 unspecified atom stereocenters. The lowest BCUT2D eigenvalue weighted by Gasteiger charge is -2.28. The van der Waals surface area contributed by atoms with E-state index < -0.39 is 5.82 Å². The first-order valence-corrected chi connectivity index (χ1v) is 9.45. The second-order valence-corrected chi connectivity index (χ2v) is 7.06. The highest BCUT2D eigenvalue weighted by molar-refractivity contribution is 6.30. The molecule has 0 radical (unpaired) electrons. The van der Waals surface area contributed by atoms with E-state index in [9.17, 15) is 14.5 Å². The van der Waals surface area contributed by atoms with Crippen molar-refractivity contribution >= 4 is 17.3 Å². The zero-order valence-electron chi connectivity index (χ0n) is 15.4. The predicted octanol–water partition coefficient (Wildman–Crippen LogP) is 2.23. The van der Waals surface area contributed by atoms with Gasteiger partial charge in [0.1, 0.15) is 11.5 Å². The molecule has 0 bridgehead atoms. The zero-order valence-corrected chi connectivity index (χ0v) is 16.1. The average Bonchev–Trinajstić information content (AvgIpc) is 2.86. The summed E-state index contributed by atoms with van der Waals surface area (Å²) in [4.78, 5) is 18.0. The van der Waals surface area contributed by atoms with E-state index in [2.05, 4.69) is 10.2 Å². The number of hydroxylamine groups is 2. The number of morpholine rings is 1. The third kappa shape index (κ3) is 3.87. The van der Waals surface area contributed by atoms with Crippen molar-refractivity contribution in [3.63, 3.8) is 0 Å². The molecular formula is C20H18ClFN4O3. The van der Waals surface area contributed by atoms with Gasteiger partial charge in [-0.15, -0.1) is 4.91 Å². The lowest BCUT2D eigenvalue weighted by atomic mass is 10.1. The second-order valence-electron chi connectivity index (χ2n) is 6.62. The lowest BCUT2D eigenvalue weighted by Crippen LogP contribution is -2.36. The summed E-state index contributed by atoms with van der Waals surface area (Å²) >= 11 is 6.17. The van der Waals surface area contributed by atoms with Crippen LogP contribution in [0.1, 0.15) is 5.56 Å². The number of hydrogen-bond donors (Lipinski definition) is 1. The van der Waals surface area contributed by atoms with Crippen molar-refractivity contribution in [2.45, 2.75) is 0 Å². The maximum absolute atomic E-state index is 14.6. The van der Waals surface area contributed by atoms with Crippen LogP contribution in [0.2, 0.25) is 5.02 Å². The average molecular weight is 417 g/mol. The standard InChI is InChI=1S/C20H18ClFN4O3/c21-13-5-6-17-15(11-13)19(14-3-1-2-4-16(14)22)26(28)12-18(23-17)20(24-27)25-7-9-29-10-8-25/h1-6,11,28H,7-10,12H2/b20-18+. The summed E-state index contributed by atoms with van der Waals surface area (Å²) in [6.07, 6.45) is 0. The van der Waals surface area contributed by atoms with Crippen LogP contribution in [-0.4, -0.2) is 48.0 Å². The fraction of sp³-hybridized carbons (Fsp3) is 0.250. The molecule has 2 aromatic rings. The fourth-order valence-electron chi connectivity index (χ4n) is 3.46. The quantitative estimate of drug-likeness (QED) is 0.776. The van der Waals surface area contributed by atoms with Crippen LogP contribution in [0.5, 0.6) is 0 Å². The molecule has 0 amide bonds. The molecule has 1 fully saturated rings. The van der Waals surface area contributed by atoms with Gasteiger partial charge in [0.05, 0.1) is 30.8 Å². The normalized spacial score (nSPS) is 18.7. The molecule has 0 aromatic heterocycles. The first-order chi connectivity index (χ1) is 14.1. The van der Waals surface area contributed by atoms with Gasteiger partial charge in [0, 0.05) is 28.9 Å².